The second-order valence-corrected chi connectivity index (χ2v) is 4.94. The van der Waals surface area contributed by atoms with Crippen LogP contribution in [0.25, 0.3) is 0 Å². The van der Waals surface area contributed by atoms with Crippen LogP contribution in [0.4, 0.5) is 0 Å². The molecule has 0 spiro atoms. The molecule has 1 N–H and O–H groups in total. The quantitative estimate of drug-likeness (QED) is 0.850. The van der Waals surface area contributed by atoms with E-state index in [2.05, 4.69) is 15.2 Å². The smallest absolute Gasteiger partial charge is 0.237 e. The highest BCUT2D eigenvalue weighted by Crippen LogP contribution is 2.19. The van der Waals surface area contributed by atoms with E-state index in [-0.39, 0.29) is 11.9 Å². The predicted octanol–water partition coefficient (Wildman–Crippen LogP) is 1.84. The Hall–Kier alpha value is -1.13. The molecule has 0 aliphatic carbocycles. The first-order valence-electron chi connectivity index (χ1n) is 6.28. The predicted molar refractivity (Wildman–Crippen MR) is 71.4 cm³/mol. The van der Waals surface area contributed by atoms with E-state index in [4.69, 9.17) is 11.6 Å². The molecule has 1 unspecified atom stereocenters. The molecule has 18 heavy (non-hydrogen) atoms. The highest BCUT2D eigenvalue weighted by atomic mass is 35.5. The van der Waals surface area contributed by atoms with Gasteiger partial charge in [0.15, 0.2) is 0 Å². The van der Waals surface area contributed by atoms with Gasteiger partial charge < -0.3 is 5.32 Å². The van der Waals surface area contributed by atoms with Crippen LogP contribution in [0.2, 0.25) is 5.15 Å². The van der Waals surface area contributed by atoms with Crippen molar-refractivity contribution >= 4 is 17.5 Å². The molecule has 0 bridgehead atoms. The summed E-state index contributed by atoms with van der Waals surface area (Å²) in [5.74, 6) is 0.0942. The normalized spacial score (nSPS) is 20.7. The fourth-order valence-corrected chi connectivity index (χ4v) is 2.57. The zero-order valence-corrected chi connectivity index (χ0v) is 11.3. The summed E-state index contributed by atoms with van der Waals surface area (Å²) in [5.41, 5.74) is 0.915. The molecule has 5 heteroatoms. The van der Waals surface area contributed by atoms with Crippen LogP contribution in [-0.2, 0) is 11.3 Å². The Balaban J connectivity index is 2.07. The Bertz CT molecular complexity index is 424. The standard InChI is InChI=1S/C13H18ClN3O/c1-15-13(18)11-6-2-3-8-17(11)9-10-5-4-7-12(14)16-10/h4-5,7,11H,2-3,6,8-9H2,1H3,(H,15,18). The highest BCUT2D eigenvalue weighted by molar-refractivity contribution is 6.29. The zero-order chi connectivity index (χ0) is 13.0. The third-order valence-corrected chi connectivity index (χ3v) is 3.51. The lowest BCUT2D eigenvalue weighted by molar-refractivity contribution is -0.127. The highest BCUT2D eigenvalue weighted by Gasteiger charge is 2.28. The van der Waals surface area contributed by atoms with Crippen molar-refractivity contribution in [1.82, 2.24) is 15.2 Å². The molecular weight excluding hydrogens is 250 g/mol. The number of aromatic nitrogens is 1. The van der Waals surface area contributed by atoms with Crippen molar-refractivity contribution in [2.45, 2.75) is 31.8 Å². The van der Waals surface area contributed by atoms with E-state index in [0.29, 0.717) is 11.7 Å². The second-order valence-electron chi connectivity index (χ2n) is 4.55. The number of piperidine rings is 1. The van der Waals surface area contributed by atoms with Crippen molar-refractivity contribution in [1.29, 1.82) is 0 Å². The fourth-order valence-electron chi connectivity index (χ4n) is 2.39. The molecule has 2 heterocycles. The molecule has 0 radical (unpaired) electrons. The lowest BCUT2D eigenvalue weighted by Crippen LogP contribution is -2.48. The minimum absolute atomic E-state index is 0.0375. The summed E-state index contributed by atoms with van der Waals surface area (Å²) < 4.78 is 0. The zero-order valence-electron chi connectivity index (χ0n) is 10.5. The van der Waals surface area contributed by atoms with Gasteiger partial charge >= 0.3 is 0 Å². The number of likely N-dealkylation sites (tertiary alicyclic amines) is 1. The van der Waals surface area contributed by atoms with E-state index in [0.717, 1.165) is 31.5 Å². The van der Waals surface area contributed by atoms with Crippen LogP contribution in [0, 0.1) is 0 Å². The monoisotopic (exact) mass is 267 g/mol. The number of hydrogen-bond donors (Lipinski definition) is 1. The van der Waals surface area contributed by atoms with Crippen molar-refractivity contribution in [3.05, 3.63) is 29.0 Å². The van der Waals surface area contributed by atoms with Crippen LogP contribution < -0.4 is 5.32 Å². The first-order chi connectivity index (χ1) is 8.70. The lowest BCUT2D eigenvalue weighted by Gasteiger charge is -2.34. The van der Waals surface area contributed by atoms with Crippen LogP contribution in [-0.4, -0.2) is 35.4 Å². The molecule has 4 nitrogen and oxygen atoms in total. The van der Waals surface area contributed by atoms with Gasteiger partial charge in [-0.05, 0) is 31.5 Å². The van der Waals surface area contributed by atoms with Crippen molar-refractivity contribution < 1.29 is 4.79 Å². The summed E-state index contributed by atoms with van der Waals surface area (Å²) in [6, 6.07) is 5.56. The molecule has 1 amide bonds. The largest absolute Gasteiger partial charge is 0.358 e. The molecule has 1 aromatic rings. The van der Waals surface area contributed by atoms with Gasteiger partial charge in [0, 0.05) is 13.6 Å². The molecule has 1 aliphatic heterocycles. The van der Waals surface area contributed by atoms with Gasteiger partial charge in [0.1, 0.15) is 5.15 Å². The molecule has 1 fully saturated rings. The van der Waals surface area contributed by atoms with Gasteiger partial charge in [-0.2, -0.15) is 0 Å². The fraction of sp³-hybridized carbons (Fsp3) is 0.538. The number of likely N-dealkylation sites (N-methyl/N-ethyl adjacent to an activating group) is 1. The van der Waals surface area contributed by atoms with Gasteiger partial charge in [-0.15, -0.1) is 0 Å². The van der Waals surface area contributed by atoms with E-state index in [1.807, 2.05) is 12.1 Å². The molecule has 1 aromatic heterocycles. The van der Waals surface area contributed by atoms with Gasteiger partial charge in [-0.3, -0.25) is 9.69 Å². The first-order valence-corrected chi connectivity index (χ1v) is 6.65. The molecule has 98 valence electrons. The SMILES string of the molecule is CNC(=O)C1CCCCN1Cc1cccc(Cl)n1. The lowest BCUT2D eigenvalue weighted by atomic mass is 10.0. The third kappa shape index (κ3) is 3.21. The third-order valence-electron chi connectivity index (χ3n) is 3.30. The molecular formula is C13H18ClN3O. The number of hydrogen-bond acceptors (Lipinski definition) is 3. The second kappa shape index (κ2) is 6.16. The Morgan fingerprint density at radius 1 is 1.56 bits per heavy atom. The van der Waals surface area contributed by atoms with Crippen LogP contribution in [0.1, 0.15) is 25.0 Å². The summed E-state index contributed by atoms with van der Waals surface area (Å²) in [4.78, 5) is 18.3. The molecule has 0 saturated carbocycles. The van der Waals surface area contributed by atoms with Crippen molar-refractivity contribution in [2.75, 3.05) is 13.6 Å². The van der Waals surface area contributed by atoms with Crippen LogP contribution in [0.5, 0.6) is 0 Å². The van der Waals surface area contributed by atoms with Gasteiger partial charge in [-0.25, -0.2) is 4.98 Å². The van der Waals surface area contributed by atoms with E-state index in [1.54, 1.807) is 13.1 Å². The number of rotatable bonds is 3. The summed E-state index contributed by atoms with van der Waals surface area (Å²) >= 11 is 5.88. The number of pyridine rings is 1. The number of halogens is 1. The Kier molecular flexibility index (Phi) is 4.55. The van der Waals surface area contributed by atoms with E-state index < -0.39 is 0 Å². The van der Waals surface area contributed by atoms with Crippen molar-refractivity contribution in [3.8, 4) is 0 Å². The number of nitrogens with zero attached hydrogens (tertiary/aromatic N) is 2. The van der Waals surface area contributed by atoms with E-state index >= 15 is 0 Å². The van der Waals surface area contributed by atoms with Gasteiger partial charge in [0.25, 0.3) is 0 Å². The molecule has 1 saturated heterocycles. The molecule has 2 rings (SSSR count). The van der Waals surface area contributed by atoms with Gasteiger partial charge in [0.05, 0.1) is 11.7 Å². The average Bonchev–Trinajstić information content (AvgIpc) is 2.38. The average molecular weight is 268 g/mol. The van der Waals surface area contributed by atoms with Crippen molar-refractivity contribution in [3.63, 3.8) is 0 Å². The van der Waals surface area contributed by atoms with E-state index in [1.165, 1.54) is 0 Å². The number of carbonyl (C=O) groups is 1. The van der Waals surface area contributed by atoms with Crippen LogP contribution >= 0.6 is 11.6 Å². The molecule has 1 atom stereocenters. The minimum atomic E-state index is -0.0375. The van der Waals surface area contributed by atoms with Gasteiger partial charge in [0.2, 0.25) is 5.91 Å². The topological polar surface area (TPSA) is 45.2 Å². The van der Waals surface area contributed by atoms with Gasteiger partial charge in [-0.1, -0.05) is 24.1 Å². The Labute approximate surface area is 112 Å². The molecule has 0 aromatic carbocycles. The maximum absolute atomic E-state index is 11.8. The number of nitrogens with one attached hydrogen (secondary N) is 1. The number of carbonyl (C=O) groups excluding carboxylic acids is 1. The summed E-state index contributed by atoms with van der Waals surface area (Å²) in [6.07, 6.45) is 3.16. The Morgan fingerprint density at radius 3 is 3.11 bits per heavy atom. The summed E-state index contributed by atoms with van der Waals surface area (Å²) in [5, 5.41) is 3.24. The molecule has 1 aliphatic rings. The summed E-state index contributed by atoms with van der Waals surface area (Å²) in [6.45, 7) is 1.62. The number of amides is 1. The Morgan fingerprint density at radius 2 is 2.39 bits per heavy atom. The maximum atomic E-state index is 11.8. The van der Waals surface area contributed by atoms with Crippen LogP contribution in [0.3, 0.4) is 0 Å². The van der Waals surface area contributed by atoms with E-state index in [9.17, 15) is 4.79 Å². The van der Waals surface area contributed by atoms with Crippen molar-refractivity contribution in [2.24, 2.45) is 0 Å². The first kappa shape index (κ1) is 13.3. The maximum Gasteiger partial charge on any atom is 0.237 e. The minimum Gasteiger partial charge on any atom is -0.358 e. The van der Waals surface area contributed by atoms with Crippen LogP contribution in [0.15, 0.2) is 18.2 Å². The summed E-state index contributed by atoms with van der Waals surface area (Å²) in [7, 11) is 1.69.